The summed E-state index contributed by atoms with van der Waals surface area (Å²) in [6, 6.07) is 0. The number of aromatic nitrogens is 2. The first-order chi connectivity index (χ1) is 11.6. The maximum atomic E-state index is 12.7. The van der Waals surface area contributed by atoms with Gasteiger partial charge in [0.15, 0.2) is 0 Å². The molecule has 1 amide bonds. The number of fused-ring (bicyclic) bond motifs is 1. The molecule has 8 nitrogen and oxygen atoms in total. The number of hydrogen-bond donors (Lipinski definition) is 3. The number of ether oxygens (including phenoxy) is 1. The number of nitrogens with one attached hydrogen (secondary N) is 1. The number of carbonyl (C=O) groups is 1. The maximum Gasteiger partial charge on any atom is 0.225 e. The number of nitrogen functional groups attached to an aromatic ring is 2. The third kappa shape index (κ3) is 2.64. The molecule has 4 heterocycles. The Kier molecular flexibility index (Phi) is 3.71. The molecule has 0 radical (unpaired) electrons. The van der Waals surface area contributed by atoms with Crippen LogP contribution in [-0.4, -0.2) is 52.6 Å². The lowest BCUT2D eigenvalue weighted by atomic mass is 9.86. The standard InChI is InChI=1S/C16H24N6O2/c17-12-11-9-16(24-13(11)21-15(18)20-12)3-7-22(8-4-16)14(23)10-1-5-19-6-2-10/h10,19H,1-9H2,(H4,17,18,20,21). The first-order valence-corrected chi connectivity index (χ1v) is 8.67. The third-order valence-electron chi connectivity index (χ3n) is 5.51. The smallest absolute Gasteiger partial charge is 0.225 e. The Bertz CT molecular complexity index is 650. The Balaban J connectivity index is 1.41. The molecule has 5 N–H and O–H groups in total. The average Bonchev–Trinajstić information content (AvgIpc) is 2.94. The molecule has 2 fully saturated rings. The van der Waals surface area contributed by atoms with Crippen LogP contribution in [0.25, 0.3) is 0 Å². The lowest BCUT2D eigenvalue weighted by Gasteiger charge is -2.40. The van der Waals surface area contributed by atoms with Crippen molar-refractivity contribution >= 4 is 17.7 Å². The molecule has 1 spiro atoms. The van der Waals surface area contributed by atoms with Crippen LogP contribution >= 0.6 is 0 Å². The van der Waals surface area contributed by atoms with E-state index in [1.165, 1.54) is 0 Å². The van der Waals surface area contributed by atoms with Gasteiger partial charge < -0.3 is 26.4 Å². The molecule has 0 aromatic carbocycles. The van der Waals surface area contributed by atoms with Crippen molar-refractivity contribution in [1.29, 1.82) is 0 Å². The summed E-state index contributed by atoms with van der Waals surface area (Å²) in [6.45, 7) is 3.32. The minimum Gasteiger partial charge on any atom is -0.470 e. The van der Waals surface area contributed by atoms with E-state index in [0.29, 0.717) is 24.0 Å². The van der Waals surface area contributed by atoms with Gasteiger partial charge in [0, 0.05) is 38.3 Å². The molecular weight excluding hydrogens is 308 g/mol. The summed E-state index contributed by atoms with van der Waals surface area (Å²) in [5, 5.41) is 3.31. The van der Waals surface area contributed by atoms with Gasteiger partial charge in [0.05, 0.1) is 5.56 Å². The van der Waals surface area contributed by atoms with Crippen LogP contribution in [0.5, 0.6) is 5.88 Å². The van der Waals surface area contributed by atoms with Crippen LogP contribution < -0.4 is 21.5 Å². The number of hydrogen-bond acceptors (Lipinski definition) is 7. The minimum atomic E-state index is -0.316. The highest BCUT2D eigenvalue weighted by atomic mass is 16.5. The Morgan fingerprint density at radius 2 is 1.92 bits per heavy atom. The van der Waals surface area contributed by atoms with E-state index < -0.39 is 0 Å². The Morgan fingerprint density at radius 1 is 1.21 bits per heavy atom. The van der Waals surface area contributed by atoms with E-state index in [0.717, 1.165) is 57.4 Å². The average molecular weight is 332 g/mol. The van der Waals surface area contributed by atoms with Crippen molar-refractivity contribution in [3.05, 3.63) is 5.56 Å². The third-order valence-corrected chi connectivity index (χ3v) is 5.51. The Morgan fingerprint density at radius 3 is 2.62 bits per heavy atom. The molecule has 1 aromatic heterocycles. The van der Waals surface area contributed by atoms with Gasteiger partial charge >= 0.3 is 0 Å². The van der Waals surface area contributed by atoms with Gasteiger partial charge in [-0.15, -0.1) is 0 Å². The van der Waals surface area contributed by atoms with Crippen LogP contribution in [0.15, 0.2) is 0 Å². The molecule has 0 aliphatic carbocycles. The maximum absolute atomic E-state index is 12.7. The first kappa shape index (κ1) is 15.4. The molecule has 3 aliphatic rings. The summed E-state index contributed by atoms with van der Waals surface area (Å²) >= 11 is 0. The predicted molar refractivity (Wildman–Crippen MR) is 89.3 cm³/mol. The number of carbonyl (C=O) groups excluding carboxylic acids is 1. The number of nitrogens with two attached hydrogens (primary N) is 2. The highest BCUT2D eigenvalue weighted by Crippen LogP contribution is 2.42. The summed E-state index contributed by atoms with van der Waals surface area (Å²) in [4.78, 5) is 22.9. The van der Waals surface area contributed by atoms with Crippen molar-refractivity contribution in [3.8, 4) is 5.88 Å². The monoisotopic (exact) mass is 332 g/mol. The molecule has 0 unspecified atom stereocenters. The molecule has 2 saturated heterocycles. The Labute approximate surface area is 140 Å². The van der Waals surface area contributed by atoms with E-state index in [9.17, 15) is 4.79 Å². The highest BCUT2D eigenvalue weighted by Gasteiger charge is 2.45. The van der Waals surface area contributed by atoms with E-state index in [2.05, 4.69) is 15.3 Å². The minimum absolute atomic E-state index is 0.141. The van der Waals surface area contributed by atoms with E-state index in [1.807, 2.05) is 4.90 Å². The number of piperidine rings is 2. The summed E-state index contributed by atoms with van der Waals surface area (Å²) in [5.74, 6) is 1.52. The summed E-state index contributed by atoms with van der Waals surface area (Å²) in [5.41, 5.74) is 12.1. The van der Waals surface area contributed by atoms with Crippen LogP contribution in [0.4, 0.5) is 11.8 Å². The Hall–Kier alpha value is -2.09. The van der Waals surface area contributed by atoms with Crippen molar-refractivity contribution < 1.29 is 9.53 Å². The normalized spacial score (nSPS) is 23.1. The van der Waals surface area contributed by atoms with Gasteiger partial charge in [-0.2, -0.15) is 9.97 Å². The number of likely N-dealkylation sites (tertiary alicyclic amines) is 1. The summed E-state index contributed by atoms with van der Waals surface area (Å²) < 4.78 is 6.11. The van der Waals surface area contributed by atoms with Crippen molar-refractivity contribution in [2.24, 2.45) is 5.92 Å². The quantitative estimate of drug-likeness (QED) is 0.659. The fourth-order valence-corrected chi connectivity index (χ4v) is 4.05. The van der Waals surface area contributed by atoms with Crippen molar-refractivity contribution in [2.75, 3.05) is 37.6 Å². The van der Waals surface area contributed by atoms with E-state index in [-0.39, 0.29) is 17.5 Å². The predicted octanol–water partition coefficient (Wildman–Crippen LogP) is -0.0633. The largest absolute Gasteiger partial charge is 0.470 e. The molecule has 0 saturated carbocycles. The molecule has 24 heavy (non-hydrogen) atoms. The fraction of sp³-hybridized carbons (Fsp3) is 0.688. The summed E-state index contributed by atoms with van der Waals surface area (Å²) in [7, 11) is 0. The van der Waals surface area contributed by atoms with Gasteiger partial charge in [0.25, 0.3) is 0 Å². The zero-order chi connectivity index (χ0) is 16.7. The molecule has 1 aromatic rings. The van der Waals surface area contributed by atoms with Crippen LogP contribution in [0.1, 0.15) is 31.2 Å². The van der Waals surface area contributed by atoms with Crippen LogP contribution in [-0.2, 0) is 11.2 Å². The summed E-state index contributed by atoms with van der Waals surface area (Å²) in [6.07, 6.45) is 4.16. The lowest BCUT2D eigenvalue weighted by molar-refractivity contribution is -0.139. The number of anilines is 2. The fourth-order valence-electron chi connectivity index (χ4n) is 4.05. The van der Waals surface area contributed by atoms with Gasteiger partial charge in [0.2, 0.25) is 17.7 Å². The lowest BCUT2D eigenvalue weighted by Crippen LogP contribution is -2.51. The first-order valence-electron chi connectivity index (χ1n) is 8.67. The number of amides is 1. The van der Waals surface area contributed by atoms with E-state index >= 15 is 0 Å². The topological polar surface area (TPSA) is 119 Å². The zero-order valence-corrected chi connectivity index (χ0v) is 13.8. The van der Waals surface area contributed by atoms with Crippen LogP contribution in [0.2, 0.25) is 0 Å². The van der Waals surface area contributed by atoms with Gasteiger partial charge in [-0.3, -0.25) is 4.79 Å². The molecule has 3 aliphatic heterocycles. The van der Waals surface area contributed by atoms with E-state index in [1.54, 1.807) is 0 Å². The number of rotatable bonds is 1. The van der Waals surface area contributed by atoms with Gasteiger partial charge in [-0.05, 0) is 25.9 Å². The van der Waals surface area contributed by atoms with Crippen molar-refractivity contribution in [1.82, 2.24) is 20.2 Å². The van der Waals surface area contributed by atoms with E-state index in [4.69, 9.17) is 16.2 Å². The second-order valence-electron chi connectivity index (χ2n) is 7.06. The van der Waals surface area contributed by atoms with Crippen molar-refractivity contribution in [2.45, 2.75) is 37.7 Å². The molecule has 0 bridgehead atoms. The zero-order valence-electron chi connectivity index (χ0n) is 13.8. The van der Waals surface area contributed by atoms with Gasteiger partial charge in [-0.25, -0.2) is 0 Å². The molecular formula is C16H24N6O2. The molecule has 0 atom stereocenters. The SMILES string of the molecule is Nc1nc(N)c2c(n1)OC1(CCN(C(=O)C3CCNCC3)CC1)C2. The molecule has 4 rings (SSSR count). The van der Waals surface area contributed by atoms with Crippen molar-refractivity contribution in [3.63, 3.8) is 0 Å². The number of nitrogens with zero attached hydrogens (tertiary/aromatic N) is 3. The van der Waals surface area contributed by atoms with Gasteiger partial charge in [-0.1, -0.05) is 0 Å². The molecule has 8 heteroatoms. The van der Waals surface area contributed by atoms with Crippen LogP contribution in [0, 0.1) is 5.92 Å². The second kappa shape index (κ2) is 5.77. The highest BCUT2D eigenvalue weighted by molar-refractivity contribution is 5.79. The van der Waals surface area contributed by atoms with Gasteiger partial charge in [0.1, 0.15) is 11.4 Å². The van der Waals surface area contributed by atoms with Crippen LogP contribution in [0.3, 0.4) is 0 Å². The molecule has 130 valence electrons. The second-order valence-corrected chi connectivity index (χ2v) is 7.06.